The number of nitrogens with one attached hydrogen (secondary N) is 2. The lowest BCUT2D eigenvalue weighted by atomic mass is 9.99. The topological polar surface area (TPSA) is 147 Å². The molecule has 0 amide bonds. The Bertz CT molecular complexity index is 1430. The van der Waals surface area contributed by atoms with Crippen molar-refractivity contribution in [1.82, 2.24) is 39.8 Å². The highest BCUT2D eigenvalue weighted by molar-refractivity contribution is 5.88. The standard InChI is InChI=1S/C20H18N10O/c1-11-8-14(9-12(2)22-11)16-17(13-6-4-3-5-7-13)23-19(21)30-18(16)26-29(20(30)31)10-15-24-27-28-25-15/h3-9H,10H2,1-2H3,(H2,21,23)(H,24,25,27,28)/p+1. The fraction of sp³-hybridized carbons (Fsp3) is 0.150. The molecule has 154 valence electrons. The van der Waals surface area contributed by atoms with Crippen molar-refractivity contribution in [2.45, 2.75) is 20.4 Å². The second-order valence-corrected chi connectivity index (χ2v) is 7.19. The van der Waals surface area contributed by atoms with Crippen molar-refractivity contribution in [3.63, 3.8) is 0 Å². The second-order valence-electron chi connectivity index (χ2n) is 7.19. The monoisotopic (exact) mass is 415 g/mol. The Kier molecular flexibility index (Phi) is 4.28. The van der Waals surface area contributed by atoms with Crippen molar-refractivity contribution in [2.75, 3.05) is 5.73 Å². The summed E-state index contributed by atoms with van der Waals surface area (Å²) >= 11 is 0. The molecule has 0 aliphatic heterocycles. The van der Waals surface area contributed by atoms with E-state index >= 15 is 0 Å². The maximum Gasteiger partial charge on any atom is 0.411 e. The van der Waals surface area contributed by atoms with Gasteiger partial charge in [0, 0.05) is 17.0 Å². The number of nitrogen functional groups attached to an aromatic ring is 1. The Labute approximate surface area is 175 Å². The number of rotatable bonds is 4. The van der Waals surface area contributed by atoms with Crippen molar-refractivity contribution >= 4 is 11.6 Å². The summed E-state index contributed by atoms with van der Waals surface area (Å²) in [7, 11) is 0. The van der Waals surface area contributed by atoms with Gasteiger partial charge >= 0.3 is 11.6 Å². The Morgan fingerprint density at radius 1 is 1.10 bits per heavy atom. The van der Waals surface area contributed by atoms with E-state index in [2.05, 4.69) is 35.7 Å². The van der Waals surface area contributed by atoms with Gasteiger partial charge in [0.05, 0.1) is 5.56 Å². The quantitative estimate of drug-likeness (QED) is 0.441. The summed E-state index contributed by atoms with van der Waals surface area (Å²) in [6.07, 6.45) is 0. The van der Waals surface area contributed by atoms with E-state index in [1.54, 1.807) is 0 Å². The zero-order valence-electron chi connectivity index (χ0n) is 16.9. The number of hydrogen-bond acceptors (Lipinski definition) is 7. The molecule has 0 aliphatic carbocycles. The highest BCUT2D eigenvalue weighted by Crippen LogP contribution is 2.32. The third-order valence-electron chi connectivity index (χ3n) is 4.92. The van der Waals surface area contributed by atoms with Crippen LogP contribution in [0, 0.1) is 13.8 Å². The molecule has 5 rings (SSSR count). The summed E-state index contributed by atoms with van der Waals surface area (Å²) in [4.78, 5) is 20.8. The van der Waals surface area contributed by atoms with Crippen LogP contribution in [0.25, 0.3) is 28.0 Å². The number of aromatic amines is 2. The van der Waals surface area contributed by atoms with Gasteiger partial charge in [-0.2, -0.15) is 9.90 Å². The van der Waals surface area contributed by atoms with Gasteiger partial charge in [0.2, 0.25) is 5.65 Å². The minimum atomic E-state index is -0.406. The van der Waals surface area contributed by atoms with Crippen LogP contribution in [0.1, 0.15) is 17.2 Å². The first-order valence-corrected chi connectivity index (χ1v) is 9.59. The van der Waals surface area contributed by atoms with Gasteiger partial charge in [-0.1, -0.05) is 35.5 Å². The molecular weight excluding hydrogens is 396 g/mol. The average molecular weight is 415 g/mol. The number of anilines is 1. The Balaban J connectivity index is 1.85. The SMILES string of the molecule is Cc1cc(-c2c(-c3ccccc3)[nH+]c(N)n3c(=O)n(Cc4nn[nH]n4)nc23)cc(C)n1. The highest BCUT2D eigenvalue weighted by Gasteiger charge is 2.26. The molecule has 4 heterocycles. The number of pyridine rings is 1. The maximum absolute atomic E-state index is 13.1. The first-order chi connectivity index (χ1) is 15.0. The first kappa shape index (κ1) is 18.6. The number of nitrogens with zero attached hydrogens (tertiary/aromatic N) is 7. The van der Waals surface area contributed by atoms with Gasteiger partial charge in [-0.3, -0.25) is 10.7 Å². The van der Waals surface area contributed by atoms with Crippen LogP contribution in [0.15, 0.2) is 47.3 Å². The summed E-state index contributed by atoms with van der Waals surface area (Å²) in [6, 6.07) is 13.7. The van der Waals surface area contributed by atoms with Crippen molar-refractivity contribution in [2.24, 2.45) is 0 Å². The van der Waals surface area contributed by atoms with E-state index in [4.69, 9.17) is 5.73 Å². The van der Waals surface area contributed by atoms with Gasteiger partial charge in [-0.25, -0.2) is 9.78 Å². The van der Waals surface area contributed by atoms with Crippen LogP contribution in [0.4, 0.5) is 5.95 Å². The van der Waals surface area contributed by atoms with Crippen LogP contribution >= 0.6 is 0 Å². The lowest BCUT2D eigenvalue weighted by Crippen LogP contribution is -2.28. The van der Waals surface area contributed by atoms with E-state index < -0.39 is 5.69 Å². The highest BCUT2D eigenvalue weighted by atomic mass is 16.2. The summed E-state index contributed by atoms with van der Waals surface area (Å²) in [6.45, 7) is 3.92. The fourth-order valence-corrected chi connectivity index (χ4v) is 3.71. The minimum Gasteiger partial charge on any atom is -0.290 e. The molecule has 5 aromatic rings. The van der Waals surface area contributed by atoms with Gasteiger partial charge in [-0.05, 0) is 31.5 Å². The van der Waals surface area contributed by atoms with Gasteiger partial charge in [0.25, 0.3) is 0 Å². The zero-order chi connectivity index (χ0) is 21.5. The van der Waals surface area contributed by atoms with Crippen LogP contribution in [0.5, 0.6) is 0 Å². The lowest BCUT2D eigenvalue weighted by Gasteiger charge is -2.10. The molecule has 0 aliphatic rings. The van der Waals surface area contributed by atoms with Crippen molar-refractivity contribution < 1.29 is 4.98 Å². The van der Waals surface area contributed by atoms with E-state index in [0.717, 1.165) is 33.8 Å². The molecular formula is C20H19N10O+. The van der Waals surface area contributed by atoms with Crippen LogP contribution < -0.4 is 16.4 Å². The molecule has 0 spiro atoms. The van der Waals surface area contributed by atoms with Gasteiger partial charge in [0.1, 0.15) is 12.2 Å². The number of aryl methyl sites for hydroxylation is 2. The number of hydrogen-bond donors (Lipinski definition) is 2. The molecule has 0 bridgehead atoms. The number of benzene rings is 1. The molecule has 0 saturated heterocycles. The number of H-pyrrole nitrogens is 2. The molecule has 0 saturated carbocycles. The van der Waals surface area contributed by atoms with Crippen LogP contribution in [0.3, 0.4) is 0 Å². The van der Waals surface area contributed by atoms with Crippen molar-refractivity contribution in [1.29, 1.82) is 0 Å². The molecule has 11 nitrogen and oxygen atoms in total. The van der Waals surface area contributed by atoms with Crippen molar-refractivity contribution in [3.8, 4) is 22.4 Å². The van der Waals surface area contributed by atoms with E-state index in [1.807, 2.05) is 56.3 Å². The van der Waals surface area contributed by atoms with Crippen LogP contribution in [-0.2, 0) is 6.54 Å². The predicted octanol–water partition coefficient (Wildman–Crippen LogP) is 0.800. The number of aromatic nitrogens is 9. The molecule has 0 fully saturated rings. The number of fused-ring (bicyclic) bond motifs is 1. The largest absolute Gasteiger partial charge is 0.411 e. The molecule has 11 heteroatoms. The Morgan fingerprint density at radius 3 is 2.52 bits per heavy atom. The third-order valence-corrected chi connectivity index (χ3v) is 4.92. The van der Waals surface area contributed by atoms with Gasteiger partial charge in [-0.15, -0.1) is 19.7 Å². The molecule has 0 atom stereocenters. The van der Waals surface area contributed by atoms with Gasteiger partial charge in [0.15, 0.2) is 5.82 Å². The van der Waals surface area contributed by atoms with E-state index in [0.29, 0.717) is 11.5 Å². The van der Waals surface area contributed by atoms with Crippen molar-refractivity contribution in [3.05, 3.63) is 70.2 Å². The van der Waals surface area contributed by atoms with E-state index in [1.165, 1.54) is 9.08 Å². The summed E-state index contributed by atoms with van der Waals surface area (Å²) in [5.74, 6) is 0.512. The second kappa shape index (κ2) is 7.13. The first-order valence-electron chi connectivity index (χ1n) is 9.59. The van der Waals surface area contributed by atoms with Gasteiger partial charge < -0.3 is 0 Å². The van der Waals surface area contributed by atoms with E-state index in [-0.39, 0.29) is 12.5 Å². The van der Waals surface area contributed by atoms with E-state index in [9.17, 15) is 4.79 Å². The molecule has 0 radical (unpaired) electrons. The average Bonchev–Trinajstić information content (AvgIpc) is 3.36. The molecule has 4 N–H and O–H groups in total. The molecule has 31 heavy (non-hydrogen) atoms. The van der Waals surface area contributed by atoms with Crippen LogP contribution in [-0.4, -0.2) is 39.8 Å². The summed E-state index contributed by atoms with van der Waals surface area (Å²) in [5.41, 5.74) is 11.3. The Hall–Kier alpha value is -4.41. The normalized spacial score (nSPS) is 11.3. The number of tetrazole rings is 1. The third kappa shape index (κ3) is 3.21. The summed E-state index contributed by atoms with van der Waals surface area (Å²) < 4.78 is 2.62. The molecule has 1 aromatic carbocycles. The zero-order valence-corrected chi connectivity index (χ0v) is 16.9. The predicted molar refractivity (Wildman–Crippen MR) is 112 cm³/mol. The van der Waals surface area contributed by atoms with Crippen LogP contribution in [0.2, 0.25) is 0 Å². The lowest BCUT2D eigenvalue weighted by molar-refractivity contribution is -0.351. The minimum absolute atomic E-state index is 0.0605. The molecule has 0 unspecified atom stereocenters. The fourth-order valence-electron chi connectivity index (χ4n) is 3.71. The summed E-state index contributed by atoms with van der Waals surface area (Å²) in [5, 5.41) is 18.3. The molecule has 4 aromatic heterocycles. The maximum atomic E-state index is 13.1. The smallest absolute Gasteiger partial charge is 0.290 e. The number of nitrogens with two attached hydrogens (primary N) is 1. The Morgan fingerprint density at radius 2 is 1.84 bits per heavy atom.